The second-order valence-electron chi connectivity index (χ2n) is 12.7. The summed E-state index contributed by atoms with van der Waals surface area (Å²) in [5.41, 5.74) is 3.31. The Morgan fingerprint density at radius 2 is 1.57 bits per heavy atom. The molecule has 0 unspecified atom stereocenters. The van der Waals surface area contributed by atoms with Crippen LogP contribution in [0.1, 0.15) is 58.5 Å². The van der Waals surface area contributed by atoms with E-state index in [1.165, 1.54) is 36.5 Å². The molecule has 0 saturated heterocycles. The largest absolute Gasteiger partial charge is 0.477 e. The van der Waals surface area contributed by atoms with Gasteiger partial charge in [-0.25, -0.2) is 26.6 Å². The molecule has 12 heteroatoms. The molecule has 3 heterocycles. The van der Waals surface area contributed by atoms with Crippen LogP contribution < -0.4 is 0 Å². The van der Waals surface area contributed by atoms with Crippen molar-refractivity contribution in [3.05, 3.63) is 90.6 Å². The molecule has 5 rings (SSSR count). The number of pyridine rings is 1. The molecule has 0 amide bonds. The van der Waals surface area contributed by atoms with Crippen LogP contribution in [-0.4, -0.2) is 53.2 Å². The third kappa shape index (κ3) is 6.41. The smallest absolute Gasteiger partial charge is 0.353 e. The highest BCUT2D eigenvalue weighted by atomic mass is 32.2. The fourth-order valence-corrected chi connectivity index (χ4v) is 13.9. The number of benzene rings is 2. The van der Waals surface area contributed by atoms with Crippen molar-refractivity contribution in [1.29, 1.82) is 0 Å². The molecule has 0 aliphatic carbocycles. The van der Waals surface area contributed by atoms with E-state index in [0.717, 1.165) is 3.97 Å². The van der Waals surface area contributed by atoms with Crippen LogP contribution in [0.2, 0.25) is 16.6 Å². The van der Waals surface area contributed by atoms with Gasteiger partial charge in [0.05, 0.1) is 4.90 Å². The normalized spacial score (nSPS) is 12.6. The van der Waals surface area contributed by atoms with Crippen molar-refractivity contribution in [2.75, 3.05) is 6.61 Å². The maximum absolute atomic E-state index is 13.9. The van der Waals surface area contributed by atoms with Crippen LogP contribution in [0.5, 0.6) is 0 Å². The molecule has 0 aliphatic heterocycles. The Bertz CT molecular complexity index is 1970. The van der Waals surface area contributed by atoms with Gasteiger partial charge in [-0.3, -0.25) is 4.68 Å². The summed E-state index contributed by atoms with van der Waals surface area (Å²) in [4.78, 5) is 16.7. The summed E-state index contributed by atoms with van der Waals surface area (Å²) in [6.45, 7) is 14.7. The zero-order valence-corrected chi connectivity index (χ0v) is 29.3. The van der Waals surface area contributed by atoms with Crippen molar-refractivity contribution in [3.63, 3.8) is 0 Å². The third-order valence-corrected chi connectivity index (χ3v) is 16.8. The van der Waals surface area contributed by atoms with Crippen molar-refractivity contribution in [1.82, 2.24) is 18.7 Å². The van der Waals surface area contributed by atoms with Crippen LogP contribution >= 0.6 is 0 Å². The molecule has 0 atom stereocenters. The lowest BCUT2D eigenvalue weighted by Gasteiger charge is -2.42. The highest BCUT2D eigenvalue weighted by Crippen LogP contribution is 2.42. The first-order valence-electron chi connectivity index (χ1n) is 15.8. The quantitative estimate of drug-likeness (QED) is 0.0987. The molecule has 5 aromatic rings. The summed E-state index contributed by atoms with van der Waals surface area (Å²) in [5.74, 6) is -1.80. The van der Waals surface area contributed by atoms with E-state index in [9.17, 15) is 22.7 Å². The molecule has 9 nitrogen and oxygen atoms in total. The van der Waals surface area contributed by atoms with Gasteiger partial charge in [-0.1, -0.05) is 59.7 Å². The standard InChI is InChI=1S/C35H41FN4O5SSi/c1-23(2)47(24(3)4,25(5)6)45-20-10-19-39-22-31(33(38-39)26-13-15-27(36)16-14-26)29-17-18-37-34-30(29)21-32(35(41)42)40(34)46(43,44)28-11-8-7-9-12-28/h7-9,11-18,21-25H,10,19-20H2,1-6H3,(H,41,42). The Balaban J connectivity index is 1.58. The molecule has 248 valence electrons. The van der Waals surface area contributed by atoms with Gasteiger partial charge < -0.3 is 9.53 Å². The number of aryl methyl sites for hydroxylation is 1. The first kappa shape index (κ1) is 34.2. The van der Waals surface area contributed by atoms with Crippen molar-refractivity contribution >= 4 is 35.3 Å². The van der Waals surface area contributed by atoms with Gasteiger partial charge in [0.25, 0.3) is 10.0 Å². The lowest BCUT2D eigenvalue weighted by atomic mass is 10.0. The average molecular weight is 677 g/mol. The topological polar surface area (TPSA) is 116 Å². The number of halogens is 1. The number of carbonyl (C=O) groups is 1. The minimum Gasteiger partial charge on any atom is -0.477 e. The fraction of sp³-hybridized carbons (Fsp3) is 0.343. The summed E-state index contributed by atoms with van der Waals surface area (Å²) in [6, 6.07) is 16.7. The summed E-state index contributed by atoms with van der Waals surface area (Å²) < 4.78 is 50.8. The molecule has 0 radical (unpaired) electrons. The predicted molar refractivity (Wildman–Crippen MR) is 184 cm³/mol. The first-order valence-corrected chi connectivity index (χ1v) is 19.4. The van der Waals surface area contributed by atoms with E-state index in [4.69, 9.17) is 9.52 Å². The van der Waals surface area contributed by atoms with Crippen LogP contribution in [0.15, 0.2) is 84.0 Å². The van der Waals surface area contributed by atoms with E-state index in [1.807, 2.05) is 10.9 Å². The Morgan fingerprint density at radius 1 is 0.936 bits per heavy atom. The number of carboxylic acid groups (broad SMARTS) is 1. The Labute approximate surface area is 276 Å². The van der Waals surface area contributed by atoms with Gasteiger partial charge in [-0.05, 0) is 77.1 Å². The van der Waals surface area contributed by atoms with E-state index >= 15 is 0 Å². The molecule has 47 heavy (non-hydrogen) atoms. The van der Waals surface area contributed by atoms with E-state index in [-0.39, 0.29) is 16.4 Å². The SMILES string of the molecule is CC(C)[Si](OCCCn1cc(-c2ccnc3c2cc(C(=O)O)n3S(=O)(=O)c2ccccc2)c(-c2ccc(F)cc2)n1)(C(C)C)C(C)C. The van der Waals surface area contributed by atoms with Gasteiger partial charge in [0.1, 0.15) is 17.2 Å². The van der Waals surface area contributed by atoms with Crippen molar-refractivity contribution in [2.24, 2.45) is 0 Å². The Kier molecular flexibility index (Phi) is 9.85. The van der Waals surface area contributed by atoms with Gasteiger partial charge >= 0.3 is 5.97 Å². The number of hydrogen-bond acceptors (Lipinski definition) is 6. The van der Waals surface area contributed by atoms with Gasteiger partial charge in [0, 0.05) is 42.1 Å². The summed E-state index contributed by atoms with van der Waals surface area (Å²) >= 11 is 0. The number of aromatic nitrogens is 4. The molecule has 0 bridgehead atoms. The van der Waals surface area contributed by atoms with E-state index in [0.29, 0.717) is 64.0 Å². The molecule has 0 spiro atoms. The van der Waals surface area contributed by atoms with E-state index in [2.05, 4.69) is 46.5 Å². The fourth-order valence-electron chi connectivity index (χ4n) is 6.93. The zero-order chi connectivity index (χ0) is 34.1. The number of hydrogen-bond donors (Lipinski definition) is 1. The second-order valence-corrected chi connectivity index (χ2v) is 19.9. The molecular formula is C35H41FN4O5SSi. The third-order valence-electron chi connectivity index (χ3n) is 8.92. The molecular weight excluding hydrogens is 636 g/mol. The molecule has 0 saturated carbocycles. The van der Waals surface area contributed by atoms with Crippen LogP contribution in [0.3, 0.4) is 0 Å². The van der Waals surface area contributed by atoms with Crippen LogP contribution in [0, 0.1) is 5.82 Å². The average Bonchev–Trinajstić information content (AvgIpc) is 3.64. The number of aromatic carboxylic acids is 1. The maximum Gasteiger partial charge on any atom is 0.353 e. The van der Waals surface area contributed by atoms with Gasteiger partial charge in [-0.15, -0.1) is 0 Å². The lowest BCUT2D eigenvalue weighted by molar-refractivity contribution is 0.0689. The zero-order valence-electron chi connectivity index (χ0n) is 27.5. The van der Waals surface area contributed by atoms with Gasteiger partial charge in [-0.2, -0.15) is 5.10 Å². The molecule has 1 N–H and O–H groups in total. The van der Waals surface area contributed by atoms with Crippen molar-refractivity contribution in [2.45, 2.75) is 76.0 Å². The Hall–Kier alpha value is -4.13. The molecule has 3 aromatic heterocycles. The molecule has 0 fully saturated rings. The maximum atomic E-state index is 13.9. The highest BCUT2D eigenvalue weighted by molar-refractivity contribution is 7.90. The summed E-state index contributed by atoms with van der Waals surface area (Å²) in [6.07, 6.45) is 4.02. The minimum absolute atomic E-state index is 0.0210. The number of rotatable bonds is 13. The number of nitrogens with zero attached hydrogens (tertiary/aromatic N) is 4. The molecule has 2 aromatic carbocycles. The summed E-state index contributed by atoms with van der Waals surface area (Å²) in [5, 5.41) is 15.3. The molecule has 0 aliphatic rings. The highest BCUT2D eigenvalue weighted by Gasteiger charge is 2.44. The Morgan fingerprint density at radius 3 is 2.17 bits per heavy atom. The van der Waals surface area contributed by atoms with E-state index in [1.54, 1.807) is 36.4 Å². The first-order chi connectivity index (χ1) is 22.3. The van der Waals surface area contributed by atoms with Crippen molar-refractivity contribution in [3.8, 4) is 22.4 Å². The predicted octanol–water partition coefficient (Wildman–Crippen LogP) is 8.22. The van der Waals surface area contributed by atoms with Crippen LogP contribution in [-0.2, 0) is 21.0 Å². The van der Waals surface area contributed by atoms with Crippen molar-refractivity contribution < 1.29 is 27.1 Å². The number of carboxylic acids is 1. The van der Waals surface area contributed by atoms with Crippen LogP contribution in [0.25, 0.3) is 33.4 Å². The van der Waals surface area contributed by atoms with E-state index < -0.39 is 30.0 Å². The van der Waals surface area contributed by atoms with Gasteiger partial charge in [0.15, 0.2) is 14.0 Å². The van der Waals surface area contributed by atoms with Crippen LogP contribution in [0.4, 0.5) is 4.39 Å². The summed E-state index contributed by atoms with van der Waals surface area (Å²) in [7, 11) is -6.34. The second kappa shape index (κ2) is 13.5. The minimum atomic E-state index is -4.30. The van der Waals surface area contributed by atoms with Gasteiger partial charge in [0.2, 0.25) is 0 Å². The lowest BCUT2D eigenvalue weighted by Crippen LogP contribution is -2.48. The monoisotopic (exact) mass is 676 g/mol. The number of fused-ring (bicyclic) bond motifs is 1.